The lowest BCUT2D eigenvalue weighted by Crippen LogP contribution is -2.22. The second-order valence-electron chi connectivity index (χ2n) is 7.96. The maximum absolute atomic E-state index is 13.0. The minimum absolute atomic E-state index is 0.0165. The number of aryl methyl sites for hydroxylation is 1. The van der Waals surface area contributed by atoms with Gasteiger partial charge >= 0.3 is 5.97 Å². The summed E-state index contributed by atoms with van der Waals surface area (Å²) < 4.78 is 30.2. The molecule has 0 amide bonds. The minimum atomic E-state index is -0.781. The van der Waals surface area contributed by atoms with E-state index in [-0.39, 0.29) is 31.1 Å². The van der Waals surface area contributed by atoms with Gasteiger partial charge in [-0.1, -0.05) is 24.3 Å². The highest BCUT2D eigenvalue weighted by Crippen LogP contribution is 2.44. The molecule has 4 rings (SSSR count). The molecule has 1 unspecified atom stereocenters. The van der Waals surface area contributed by atoms with Crippen LogP contribution in [0.5, 0.6) is 5.75 Å². The van der Waals surface area contributed by atoms with Gasteiger partial charge < -0.3 is 14.2 Å². The van der Waals surface area contributed by atoms with Crippen LogP contribution < -0.4 is 4.74 Å². The van der Waals surface area contributed by atoms with E-state index in [1.807, 2.05) is 25.1 Å². The Balaban J connectivity index is 1.41. The van der Waals surface area contributed by atoms with Crippen LogP contribution in [0, 0.1) is 22.9 Å². The Bertz CT molecular complexity index is 1160. The van der Waals surface area contributed by atoms with E-state index in [9.17, 15) is 19.3 Å². The van der Waals surface area contributed by atoms with Crippen LogP contribution in [-0.4, -0.2) is 24.1 Å². The van der Waals surface area contributed by atoms with Gasteiger partial charge in [-0.05, 0) is 53.9 Å². The second-order valence-corrected chi connectivity index (χ2v) is 7.96. The third-order valence-electron chi connectivity index (χ3n) is 5.39. The summed E-state index contributed by atoms with van der Waals surface area (Å²) in [6.07, 6.45) is 0.0355. The molecule has 0 aliphatic carbocycles. The molecular formula is C25H22FNO6. The molecule has 0 radical (unpaired) electrons. The first-order valence-corrected chi connectivity index (χ1v) is 10.4. The van der Waals surface area contributed by atoms with Crippen LogP contribution in [0.4, 0.5) is 10.1 Å². The number of nitro groups is 1. The van der Waals surface area contributed by atoms with Gasteiger partial charge in [0.15, 0.2) is 5.60 Å². The van der Waals surface area contributed by atoms with Gasteiger partial charge in [-0.2, -0.15) is 0 Å². The van der Waals surface area contributed by atoms with Crippen LogP contribution in [0.15, 0.2) is 66.7 Å². The van der Waals surface area contributed by atoms with Gasteiger partial charge in [-0.25, -0.2) is 4.39 Å². The fourth-order valence-electron chi connectivity index (χ4n) is 3.42. The van der Waals surface area contributed by atoms with Crippen molar-refractivity contribution in [1.29, 1.82) is 0 Å². The molecule has 3 aromatic rings. The fourth-order valence-corrected chi connectivity index (χ4v) is 3.42. The molecule has 1 atom stereocenters. The number of nitro benzene ring substituents is 1. The Hall–Kier alpha value is -3.78. The minimum Gasteiger partial charge on any atom is -0.488 e. The third-order valence-corrected chi connectivity index (χ3v) is 5.39. The summed E-state index contributed by atoms with van der Waals surface area (Å²) in [4.78, 5) is 22.7. The van der Waals surface area contributed by atoms with Crippen LogP contribution in [0.3, 0.4) is 0 Å². The molecule has 8 heteroatoms. The number of epoxide rings is 1. The summed E-state index contributed by atoms with van der Waals surface area (Å²) >= 11 is 0. The molecule has 7 nitrogen and oxygen atoms in total. The van der Waals surface area contributed by atoms with Crippen molar-refractivity contribution in [1.82, 2.24) is 0 Å². The molecule has 0 saturated carbocycles. The molecular weight excluding hydrogens is 429 g/mol. The first kappa shape index (κ1) is 22.4. The number of esters is 1. The van der Waals surface area contributed by atoms with Crippen molar-refractivity contribution < 1.29 is 28.3 Å². The maximum Gasteiger partial charge on any atom is 0.310 e. The fraction of sp³-hybridized carbons (Fsp3) is 0.240. The number of hydrogen-bond acceptors (Lipinski definition) is 6. The zero-order valence-corrected chi connectivity index (χ0v) is 18.0. The average Bonchev–Trinajstić information content (AvgIpc) is 3.59. The third kappa shape index (κ3) is 5.53. The van der Waals surface area contributed by atoms with Crippen molar-refractivity contribution in [2.24, 2.45) is 0 Å². The predicted octanol–water partition coefficient (Wildman–Crippen LogP) is 4.63. The van der Waals surface area contributed by atoms with E-state index in [4.69, 9.17) is 14.2 Å². The van der Waals surface area contributed by atoms with Gasteiger partial charge in [0.1, 0.15) is 24.8 Å². The lowest BCUT2D eigenvalue weighted by molar-refractivity contribution is -0.384. The summed E-state index contributed by atoms with van der Waals surface area (Å²) in [5.41, 5.74) is 2.44. The van der Waals surface area contributed by atoms with E-state index >= 15 is 0 Å². The number of carbonyl (C=O) groups excluding carboxylic acids is 1. The van der Waals surface area contributed by atoms with Crippen molar-refractivity contribution in [3.05, 3.63) is 105 Å². The largest absolute Gasteiger partial charge is 0.488 e. The van der Waals surface area contributed by atoms with Crippen molar-refractivity contribution in [2.45, 2.75) is 25.6 Å². The van der Waals surface area contributed by atoms with Crippen molar-refractivity contribution in [3.63, 3.8) is 0 Å². The molecule has 170 valence electrons. The summed E-state index contributed by atoms with van der Waals surface area (Å²) in [6.45, 7) is 2.57. The van der Waals surface area contributed by atoms with Gasteiger partial charge in [0, 0.05) is 17.7 Å². The van der Waals surface area contributed by atoms with Crippen molar-refractivity contribution >= 4 is 11.7 Å². The normalized spacial score (nSPS) is 16.8. The molecule has 1 aliphatic rings. The van der Waals surface area contributed by atoms with Gasteiger partial charge in [0.25, 0.3) is 5.69 Å². The number of benzene rings is 3. The number of non-ortho nitro benzene ring substituents is 1. The molecule has 0 spiro atoms. The zero-order valence-electron chi connectivity index (χ0n) is 18.0. The Morgan fingerprint density at radius 3 is 2.39 bits per heavy atom. The molecule has 1 fully saturated rings. The summed E-state index contributed by atoms with van der Waals surface area (Å²) in [6, 6.07) is 17.5. The molecule has 1 heterocycles. The average molecular weight is 451 g/mol. The molecule has 0 N–H and O–H groups in total. The Labute approximate surface area is 189 Å². The standard InChI is InChI=1S/C25H22FNO6/c1-17-2-11-22(23(12-17)31-14-19-5-9-21(10-6-19)27(29)30)25(16-33-25)15-32-24(28)13-18-3-7-20(26)8-4-18/h2-12H,13-16H2,1H3. The van der Waals surface area contributed by atoms with Gasteiger partial charge in [-0.15, -0.1) is 0 Å². The summed E-state index contributed by atoms with van der Waals surface area (Å²) in [5, 5.41) is 10.8. The molecule has 3 aromatic carbocycles. The molecule has 0 bridgehead atoms. The number of nitrogens with zero attached hydrogens (tertiary/aromatic N) is 1. The molecule has 33 heavy (non-hydrogen) atoms. The van der Waals surface area contributed by atoms with Crippen LogP contribution in [0.1, 0.15) is 22.3 Å². The van der Waals surface area contributed by atoms with Crippen LogP contribution in [0.25, 0.3) is 0 Å². The SMILES string of the molecule is Cc1ccc(C2(COC(=O)Cc3ccc(F)cc3)CO2)c(OCc2ccc([N+](=O)[O-])cc2)c1. The quantitative estimate of drug-likeness (QED) is 0.204. The Morgan fingerprint density at radius 2 is 1.76 bits per heavy atom. The maximum atomic E-state index is 13.0. The van der Waals surface area contributed by atoms with Crippen LogP contribution in [-0.2, 0) is 32.9 Å². The smallest absolute Gasteiger partial charge is 0.310 e. The molecule has 0 aromatic heterocycles. The monoisotopic (exact) mass is 451 g/mol. The van der Waals surface area contributed by atoms with Crippen molar-refractivity contribution in [3.8, 4) is 5.75 Å². The first-order chi connectivity index (χ1) is 15.8. The molecule has 1 aliphatic heterocycles. The van der Waals surface area contributed by atoms with Gasteiger partial charge in [-0.3, -0.25) is 14.9 Å². The van der Waals surface area contributed by atoms with E-state index in [0.717, 1.165) is 16.7 Å². The van der Waals surface area contributed by atoms with Gasteiger partial charge in [0.2, 0.25) is 0 Å². The number of hydrogen-bond donors (Lipinski definition) is 0. The highest BCUT2D eigenvalue weighted by atomic mass is 19.1. The van der Waals surface area contributed by atoms with Gasteiger partial charge in [0.05, 0.1) is 18.0 Å². The topological polar surface area (TPSA) is 91.2 Å². The second kappa shape index (κ2) is 9.38. The highest BCUT2D eigenvalue weighted by molar-refractivity contribution is 5.72. The lowest BCUT2D eigenvalue weighted by atomic mass is 9.98. The predicted molar refractivity (Wildman–Crippen MR) is 117 cm³/mol. The molecule has 1 saturated heterocycles. The van der Waals surface area contributed by atoms with E-state index in [1.54, 1.807) is 24.3 Å². The summed E-state index contributed by atoms with van der Waals surface area (Å²) in [5.74, 6) is -0.199. The van der Waals surface area contributed by atoms with Crippen molar-refractivity contribution in [2.75, 3.05) is 13.2 Å². The number of halogens is 1. The van der Waals surface area contributed by atoms with E-state index in [1.165, 1.54) is 24.3 Å². The number of ether oxygens (including phenoxy) is 3. The Morgan fingerprint density at radius 1 is 1.09 bits per heavy atom. The first-order valence-electron chi connectivity index (χ1n) is 10.4. The zero-order chi connectivity index (χ0) is 23.4. The Kier molecular flexibility index (Phi) is 6.37. The van der Waals surface area contributed by atoms with E-state index in [2.05, 4.69) is 0 Å². The number of carbonyl (C=O) groups is 1. The summed E-state index contributed by atoms with van der Waals surface area (Å²) in [7, 11) is 0. The van der Waals surface area contributed by atoms with Crippen LogP contribution >= 0.6 is 0 Å². The van der Waals surface area contributed by atoms with E-state index in [0.29, 0.717) is 17.9 Å². The van der Waals surface area contributed by atoms with Crippen LogP contribution in [0.2, 0.25) is 0 Å². The van der Waals surface area contributed by atoms with E-state index < -0.39 is 16.5 Å². The number of rotatable bonds is 9. The highest BCUT2D eigenvalue weighted by Gasteiger charge is 2.50. The lowest BCUT2D eigenvalue weighted by Gasteiger charge is -2.18.